The number of allylic oxidation sites excluding steroid dienone is 1. The van der Waals surface area contributed by atoms with Gasteiger partial charge in [-0.1, -0.05) is 32.1 Å². The Kier molecular flexibility index (Phi) is 5.70. The molecule has 0 saturated carbocycles. The van der Waals surface area contributed by atoms with Crippen LogP contribution in [0.15, 0.2) is 9.81 Å². The summed E-state index contributed by atoms with van der Waals surface area (Å²) in [6, 6.07) is 0. The zero-order chi connectivity index (χ0) is 9.78. The summed E-state index contributed by atoms with van der Waals surface area (Å²) in [5.41, 5.74) is 1.55. The molecule has 0 aromatic carbocycles. The normalized spacial score (nSPS) is 14.5. The van der Waals surface area contributed by atoms with Crippen molar-refractivity contribution in [1.82, 2.24) is 0 Å². The highest BCUT2D eigenvalue weighted by atomic mass is 32.4. The van der Waals surface area contributed by atoms with Crippen molar-refractivity contribution in [2.45, 2.75) is 39.9 Å². The van der Waals surface area contributed by atoms with Crippen LogP contribution in [-0.4, -0.2) is 13.5 Å². The van der Waals surface area contributed by atoms with Crippen LogP contribution < -0.4 is 0 Å². The van der Waals surface area contributed by atoms with Crippen LogP contribution in [0.5, 0.6) is 0 Å². The largest absolute Gasteiger partial charge is 0.145 e. The van der Waals surface area contributed by atoms with E-state index < -0.39 is 7.22 Å². The molecule has 0 nitrogen and oxygen atoms in total. The van der Waals surface area contributed by atoms with Gasteiger partial charge in [0.2, 0.25) is 0 Å². The number of thioether (sulfide) groups is 1. The Balaban J connectivity index is 4.38. The molecule has 0 unspecified atom stereocenters. The first kappa shape index (κ1) is 12.7. The van der Waals surface area contributed by atoms with Gasteiger partial charge in [0, 0.05) is 4.24 Å². The summed E-state index contributed by atoms with van der Waals surface area (Å²) in [5, 5.41) is 0. The molecule has 0 aromatic heterocycles. The van der Waals surface area contributed by atoms with Gasteiger partial charge >= 0.3 is 0 Å². The molecule has 0 aliphatic carbocycles. The third-order valence-electron chi connectivity index (χ3n) is 1.46. The van der Waals surface area contributed by atoms with Gasteiger partial charge < -0.3 is 0 Å². The minimum atomic E-state index is -0.982. The van der Waals surface area contributed by atoms with E-state index in [4.69, 9.17) is 0 Å². The molecule has 0 heterocycles. The van der Waals surface area contributed by atoms with Gasteiger partial charge in [0.15, 0.2) is 0 Å². The van der Waals surface area contributed by atoms with Crippen LogP contribution in [0.3, 0.4) is 0 Å². The summed E-state index contributed by atoms with van der Waals surface area (Å²) < 4.78 is 1.55. The van der Waals surface area contributed by atoms with Crippen molar-refractivity contribution in [2.24, 2.45) is 0 Å². The molecule has 3 heteroatoms. The van der Waals surface area contributed by atoms with Crippen LogP contribution in [0.25, 0.3) is 0 Å². The Morgan fingerprint density at radius 1 is 1.25 bits per heavy atom. The van der Waals surface area contributed by atoms with Crippen molar-refractivity contribution in [3.63, 3.8) is 0 Å². The molecule has 0 saturated heterocycles. The lowest BCUT2D eigenvalue weighted by Gasteiger charge is -2.18. The fourth-order valence-corrected chi connectivity index (χ4v) is 7.62. The summed E-state index contributed by atoms with van der Waals surface area (Å²) in [7, 11) is -0.982. The lowest BCUT2D eigenvalue weighted by molar-refractivity contribution is 1.10. The molecule has 0 amide bonds. The van der Waals surface area contributed by atoms with E-state index in [1.807, 2.05) is 11.8 Å². The molecule has 0 spiro atoms. The van der Waals surface area contributed by atoms with E-state index in [0.717, 1.165) is 0 Å². The van der Waals surface area contributed by atoms with Crippen molar-refractivity contribution < 1.29 is 0 Å². The quantitative estimate of drug-likeness (QED) is 0.637. The van der Waals surface area contributed by atoms with Crippen molar-refractivity contribution in [2.75, 3.05) is 6.26 Å². The fourth-order valence-electron chi connectivity index (χ4n) is 0.725. The molecule has 0 radical (unpaired) electrons. The maximum Gasteiger partial charge on any atom is 0.115 e. The standard InChI is InChI=1S/C9H20S2Si/c1-7-8(2)9(10-3)11-12(4,5)6/h7H2,1-6H3/b9-8-. The van der Waals surface area contributed by atoms with Crippen molar-refractivity contribution in [1.29, 1.82) is 0 Å². The predicted octanol–water partition coefficient (Wildman–Crippen LogP) is 4.56. The molecule has 0 aliphatic rings. The molecule has 0 fully saturated rings. The average molecular weight is 220 g/mol. The topological polar surface area (TPSA) is 0 Å². The second-order valence-corrected chi connectivity index (χ2v) is 14.0. The highest BCUT2D eigenvalue weighted by Crippen LogP contribution is 2.37. The summed E-state index contributed by atoms with van der Waals surface area (Å²) in [5.74, 6) is 0. The lowest BCUT2D eigenvalue weighted by Crippen LogP contribution is -2.13. The number of rotatable bonds is 4. The van der Waals surface area contributed by atoms with Gasteiger partial charge in [0.25, 0.3) is 0 Å². The van der Waals surface area contributed by atoms with Crippen LogP contribution in [-0.2, 0) is 0 Å². The highest BCUT2D eigenvalue weighted by Gasteiger charge is 2.17. The molecule has 0 N–H and O–H groups in total. The van der Waals surface area contributed by atoms with E-state index in [1.54, 1.807) is 9.81 Å². The molecule has 72 valence electrons. The van der Waals surface area contributed by atoms with Crippen molar-refractivity contribution >= 4 is 30.2 Å². The van der Waals surface area contributed by atoms with Crippen molar-refractivity contribution in [3.8, 4) is 0 Å². The summed E-state index contributed by atoms with van der Waals surface area (Å²) in [6.45, 7) is 11.7. The zero-order valence-electron chi connectivity index (χ0n) is 9.02. The molecular formula is C9H20S2Si. The first-order valence-electron chi connectivity index (χ1n) is 4.33. The van der Waals surface area contributed by atoms with Crippen LogP contribution in [0.2, 0.25) is 19.6 Å². The summed E-state index contributed by atoms with van der Waals surface area (Å²) in [6.07, 6.45) is 3.37. The van der Waals surface area contributed by atoms with E-state index in [9.17, 15) is 0 Å². The van der Waals surface area contributed by atoms with E-state index in [-0.39, 0.29) is 0 Å². The van der Waals surface area contributed by atoms with Gasteiger partial charge in [-0.2, -0.15) is 0 Å². The second kappa shape index (κ2) is 5.40. The molecule has 12 heavy (non-hydrogen) atoms. The minimum Gasteiger partial charge on any atom is -0.145 e. The lowest BCUT2D eigenvalue weighted by atomic mass is 10.3. The average Bonchev–Trinajstić information content (AvgIpc) is 1.97. The monoisotopic (exact) mass is 220 g/mol. The molecule has 0 aliphatic heterocycles. The molecule has 0 atom stereocenters. The first-order valence-corrected chi connectivity index (χ1v) is 10.6. The summed E-state index contributed by atoms with van der Waals surface area (Å²) in [4.78, 5) is 0. The molecule has 0 aromatic rings. The van der Waals surface area contributed by atoms with Crippen molar-refractivity contribution in [3.05, 3.63) is 9.81 Å². The summed E-state index contributed by atoms with van der Waals surface area (Å²) >= 11 is 4.02. The number of hydrogen-bond donors (Lipinski definition) is 0. The van der Waals surface area contributed by atoms with Gasteiger partial charge in [-0.05, 0) is 19.6 Å². The van der Waals surface area contributed by atoms with Crippen LogP contribution in [0.1, 0.15) is 20.3 Å². The third kappa shape index (κ3) is 5.33. The van der Waals surface area contributed by atoms with E-state index >= 15 is 0 Å². The number of hydrogen-bond acceptors (Lipinski definition) is 2. The van der Waals surface area contributed by atoms with E-state index in [1.165, 1.54) is 6.42 Å². The van der Waals surface area contributed by atoms with Gasteiger partial charge in [-0.15, -0.1) is 23.0 Å². The Hall–Kier alpha value is 0.657. The Bertz CT molecular complexity index is 168. The van der Waals surface area contributed by atoms with Crippen LogP contribution in [0, 0.1) is 0 Å². The van der Waals surface area contributed by atoms with Gasteiger partial charge in [-0.25, -0.2) is 0 Å². The predicted molar refractivity (Wildman–Crippen MR) is 67.4 cm³/mol. The third-order valence-corrected chi connectivity index (χ3v) is 6.97. The van der Waals surface area contributed by atoms with Crippen LogP contribution in [0.4, 0.5) is 0 Å². The Morgan fingerprint density at radius 2 is 1.75 bits per heavy atom. The fraction of sp³-hybridized carbons (Fsp3) is 0.778. The van der Waals surface area contributed by atoms with Gasteiger partial charge in [-0.3, -0.25) is 0 Å². The molecular weight excluding hydrogens is 200 g/mol. The van der Waals surface area contributed by atoms with Crippen LogP contribution >= 0.6 is 23.0 Å². The Labute approximate surface area is 86.2 Å². The maximum atomic E-state index is 2.40. The smallest absolute Gasteiger partial charge is 0.115 e. The zero-order valence-corrected chi connectivity index (χ0v) is 11.7. The molecule has 0 rings (SSSR count). The second-order valence-electron chi connectivity index (χ2n) is 3.84. The SMILES string of the molecule is CC/C(C)=C(/SC)S[Si](C)(C)C. The molecule has 0 bridgehead atoms. The minimum absolute atomic E-state index is 0.982. The highest BCUT2D eigenvalue weighted by molar-refractivity contribution is 8.39. The maximum absolute atomic E-state index is 2.40. The van der Waals surface area contributed by atoms with Gasteiger partial charge in [0.1, 0.15) is 7.22 Å². The van der Waals surface area contributed by atoms with E-state index in [0.29, 0.717) is 0 Å². The van der Waals surface area contributed by atoms with E-state index in [2.05, 4.69) is 51.0 Å². The first-order chi connectivity index (χ1) is 5.40. The Morgan fingerprint density at radius 3 is 2.00 bits per heavy atom. The van der Waals surface area contributed by atoms with Gasteiger partial charge in [0.05, 0.1) is 0 Å².